The highest BCUT2D eigenvalue weighted by atomic mass is 19.4. The second-order valence-electron chi connectivity index (χ2n) is 3.27. The maximum atomic E-state index is 12.8. The number of hydrogen-bond acceptors (Lipinski definition) is 0. The highest BCUT2D eigenvalue weighted by Gasteiger charge is 2.45. The third-order valence-corrected chi connectivity index (χ3v) is 2.27. The van der Waals surface area contributed by atoms with Gasteiger partial charge in [-0.3, -0.25) is 0 Å². The summed E-state index contributed by atoms with van der Waals surface area (Å²) in [6.45, 7) is 2.62. The van der Waals surface area contributed by atoms with Crippen LogP contribution in [0.2, 0.25) is 0 Å². The van der Waals surface area contributed by atoms with Crippen LogP contribution in [0.25, 0.3) is 0 Å². The Morgan fingerprint density at radius 1 is 1.31 bits per heavy atom. The van der Waals surface area contributed by atoms with Gasteiger partial charge in [0.05, 0.1) is 5.92 Å². The molecule has 0 aromatic carbocycles. The molecule has 0 heterocycles. The second-order valence-corrected chi connectivity index (χ2v) is 3.27. The number of allylic oxidation sites excluding steroid dienone is 4. The number of hydrogen-bond donors (Lipinski definition) is 0. The van der Waals surface area contributed by atoms with Crippen molar-refractivity contribution < 1.29 is 17.6 Å². The Morgan fingerprint density at radius 2 is 1.85 bits per heavy atom. The van der Waals surface area contributed by atoms with Crippen LogP contribution >= 0.6 is 0 Å². The molecule has 0 spiro atoms. The van der Waals surface area contributed by atoms with E-state index in [4.69, 9.17) is 0 Å². The Labute approximate surface area is 73.9 Å². The van der Waals surface area contributed by atoms with Gasteiger partial charge in [-0.2, -0.15) is 13.2 Å². The van der Waals surface area contributed by atoms with Crippen LogP contribution in [0.15, 0.2) is 23.6 Å². The lowest BCUT2D eigenvalue weighted by molar-refractivity contribution is -0.172. The van der Waals surface area contributed by atoms with Crippen LogP contribution in [-0.4, -0.2) is 6.18 Å². The molecule has 1 aliphatic carbocycles. The van der Waals surface area contributed by atoms with Gasteiger partial charge in [0.25, 0.3) is 0 Å². The van der Waals surface area contributed by atoms with Gasteiger partial charge in [0.2, 0.25) is 0 Å². The van der Waals surface area contributed by atoms with Crippen molar-refractivity contribution in [3.05, 3.63) is 23.6 Å². The molecule has 0 saturated heterocycles. The van der Waals surface area contributed by atoms with Crippen LogP contribution in [0.4, 0.5) is 17.6 Å². The maximum Gasteiger partial charge on any atom is 0.396 e. The van der Waals surface area contributed by atoms with Crippen LogP contribution in [-0.2, 0) is 0 Å². The largest absolute Gasteiger partial charge is 0.396 e. The van der Waals surface area contributed by atoms with E-state index in [9.17, 15) is 17.6 Å². The van der Waals surface area contributed by atoms with Crippen LogP contribution in [0, 0.1) is 11.8 Å². The van der Waals surface area contributed by atoms with Crippen LogP contribution in [0.3, 0.4) is 0 Å². The molecular formula is C9H10F4. The Hall–Kier alpha value is -0.800. The lowest BCUT2D eigenvalue weighted by Crippen LogP contribution is -2.30. The van der Waals surface area contributed by atoms with Gasteiger partial charge in [-0.15, -0.1) is 0 Å². The Balaban J connectivity index is 3.04. The Morgan fingerprint density at radius 3 is 2.23 bits per heavy atom. The first kappa shape index (κ1) is 10.3. The summed E-state index contributed by atoms with van der Waals surface area (Å²) in [7, 11) is 0. The minimum atomic E-state index is -4.36. The van der Waals surface area contributed by atoms with Crippen LogP contribution in [0.1, 0.15) is 13.8 Å². The van der Waals surface area contributed by atoms with Crippen molar-refractivity contribution in [2.45, 2.75) is 20.0 Å². The highest BCUT2D eigenvalue weighted by Crippen LogP contribution is 2.41. The molecule has 0 amide bonds. The molecule has 0 saturated carbocycles. The molecule has 0 bridgehead atoms. The third kappa shape index (κ3) is 1.92. The predicted octanol–water partition coefficient (Wildman–Crippen LogP) is 3.61. The SMILES string of the molecule is CC1=C(F)C=CC(C)C1C(F)(F)F. The van der Waals surface area contributed by atoms with Gasteiger partial charge in [-0.1, -0.05) is 13.0 Å². The second kappa shape index (κ2) is 3.16. The minimum absolute atomic E-state index is 0.220. The molecule has 74 valence electrons. The van der Waals surface area contributed by atoms with Crippen molar-refractivity contribution in [2.24, 2.45) is 11.8 Å². The van der Waals surface area contributed by atoms with Crippen molar-refractivity contribution in [2.75, 3.05) is 0 Å². The molecule has 1 aliphatic rings. The molecule has 4 heteroatoms. The molecule has 0 N–H and O–H groups in total. The van der Waals surface area contributed by atoms with Gasteiger partial charge < -0.3 is 0 Å². The summed E-state index contributed by atoms with van der Waals surface area (Å²) in [5, 5.41) is 0. The van der Waals surface area contributed by atoms with Gasteiger partial charge in [-0.25, -0.2) is 4.39 Å². The number of halogens is 4. The quantitative estimate of drug-likeness (QED) is 0.517. The first-order valence-electron chi connectivity index (χ1n) is 3.95. The fraction of sp³-hybridized carbons (Fsp3) is 0.556. The average molecular weight is 194 g/mol. The molecule has 0 nitrogen and oxygen atoms in total. The van der Waals surface area contributed by atoms with Crippen molar-refractivity contribution >= 4 is 0 Å². The zero-order valence-corrected chi connectivity index (χ0v) is 7.32. The van der Waals surface area contributed by atoms with Gasteiger partial charge >= 0.3 is 6.18 Å². The number of rotatable bonds is 0. The average Bonchev–Trinajstić information content (AvgIpc) is 1.95. The molecule has 0 aromatic rings. The summed E-state index contributed by atoms with van der Waals surface area (Å²) in [6, 6.07) is 0. The topological polar surface area (TPSA) is 0 Å². The monoisotopic (exact) mass is 194 g/mol. The third-order valence-electron chi connectivity index (χ3n) is 2.27. The number of alkyl halides is 3. The zero-order chi connectivity index (χ0) is 10.2. The molecule has 1 rings (SSSR count). The molecule has 2 unspecified atom stereocenters. The summed E-state index contributed by atoms with van der Waals surface area (Å²) in [5.74, 6) is -3.11. The molecular weight excluding hydrogens is 184 g/mol. The molecule has 0 aliphatic heterocycles. The van der Waals surface area contributed by atoms with Gasteiger partial charge in [0, 0.05) is 0 Å². The normalized spacial score (nSPS) is 29.7. The van der Waals surface area contributed by atoms with E-state index in [1.807, 2.05) is 0 Å². The first-order chi connectivity index (χ1) is 5.84. The molecule has 0 aromatic heterocycles. The standard InChI is InChI=1S/C9H10F4/c1-5-3-4-7(10)6(2)8(5)9(11,12)13/h3-5,8H,1-2H3. The van der Waals surface area contributed by atoms with E-state index in [0.29, 0.717) is 0 Å². The van der Waals surface area contributed by atoms with Crippen LogP contribution < -0.4 is 0 Å². The van der Waals surface area contributed by atoms with E-state index in [1.165, 1.54) is 19.9 Å². The van der Waals surface area contributed by atoms with Crippen molar-refractivity contribution in [3.8, 4) is 0 Å². The fourth-order valence-corrected chi connectivity index (χ4v) is 1.57. The van der Waals surface area contributed by atoms with E-state index in [2.05, 4.69) is 0 Å². The molecule has 0 radical (unpaired) electrons. The lowest BCUT2D eigenvalue weighted by atomic mass is 9.83. The lowest BCUT2D eigenvalue weighted by Gasteiger charge is -2.27. The maximum absolute atomic E-state index is 12.8. The summed E-state index contributed by atoms with van der Waals surface area (Å²) in [5.41, 5.74) is -0.220. The Kier molecular flexibility index (Phi) is 2.50. The summed E-state index contributed by atoms with van der Waals surface area (Å²) < 4.78 is 50.0. The van der Waals surface area contributed by atoms with E-state index in [1.54, 1.807) is 0 Å². The van der Waals surface area contributed by atoms with Crippen LogP contribution in [0.5, 0.6) is 0 Å². The van der Waals surface area contributed by atoms with E-state index in [0.717, 1.165) is 6.08 Å². The molecule has 0 fully saturated rings. The van der Waals surface area contributed by atoms with Gasteiger partial charge in [0.1, 0.15) is 5.83 Å². The van der Waals surface area contributed by atoms with Crippen molar-refractivity contribution in [1.82, 2.24) is 0 Å². The van der Waals surface area contributed by atoms with E-state index >= 15 is 0 Å². The van der Waals surface area contributed by atoms with Gasteiger partial charge in [0.15, 0.2) is 0 Å². The molecule has 13 heavy (non-hydrogen) atoms. The summed E-state index contributed by atoms with van der Waals surface area (Å²) >= 11 is 0. The first-order valence-corrected chi connectivity index (χ1v) is 3.95. The fourth-order valence-electron chi connectivity index (χ4n) is 1.57. The van der Waals surface area contributed by atoms with Crippen molar-refractivity contribution in [3.63, 3.8) is 0 Å². The van der Waals surface area contributed by atoms with Gasteiger partial charge in [-0.05, 0) is 24.5 Å². The minimum Gasteiger partial charge on any atom is -0.207 e. The predicted molar refractivity (Wildman–Crippen MR) is 41.7 cm³/mol. The molecule has 2 atom stereocenters. The van der Waals surface area contributed by atoms with E-state index in [-0.39, 0.29) is 5.57 Å². The highest BCUT2D eigenvalue weighted by molar-refractivity contribution is 5.27. The smallest absolute Gasteiger partial charge is 0.207 e. The summed E-state index contributed by atoms with van der Waals surface area (Å²) in [4.78, 5) is 0. The zero-order valence-electron chi connectivity index (χ0n) is 7.32. The summed E-state index contributed by atoms with van der Waals surface area (Å²) in [6.07, 6.45) is -2.01. The Bertz CT molecular complexity index is 259. The van der Waals surface area contributed by atoms with Crippen molar-refractivity contribution in [1.29, 1.82) is 0 Å². The van der Waals surface area contributed by atoms with E-state index < -0.39 is 23.8 Å².